The summed E-state index contributed by atoms with van der Waals surface area (Å²) < 4.78 is 29.4. The van der Waals surface area contributed by atoms with Crippen LogP contribution >= 0.6 is 0 Å². The van der Waals surface area contributed by atoms with Crippen molar-refractivity contribution in [3.8, 4) is 11.5 Å². The van der Waals surface area contributed by atoms with E-state index in [-0.39, 0.29) is 5.89 Å². The largest absolute Gasteiger partial charge is 0.415 e. The van der Waals surface area contributed by atoms with Gasteiger partial charge in [0.25, 0.3) is 5.89 Å². The Balaban J connectivity index is 2.17. The first-order chi connectivity index (χ1) is 8.56. The molecule has 0 radical (unpaired) electrons. The molecule has 2 aromatic heterocycles. The second-order valence-corrected chi connectivity index (χ2v) is 4.02. The summed E-state index contributed by atoms with van der Waals surface area (Å²) in [7, 11) is 3.87. The van der Waals surface area contributed by atoms with Crippen LogP contribution < -0.4 is 0 Å². The minimum absolute atomic E-state index is 0.0502. The van der Waals surface area contributed by atoms with Gasteiger partial charge in [0.15, 0.2) is 0 Å². The van der Waals surface area contributed by atoms with Gasteiger partial charge in [-0.2, -0.15) is 8.78 Å². The predicted octanol–water partition coefficient (Wildman–Crippen LogP) is 2.13. The van der Waals surface area contributed by atoms with Crippen molar-refractivity contribution in [1.29, 1.82) is 0 Å². The Labute approximate surface area is 102 Å². The normalized spacial score (nSPS) is 11.4. The molecule has 0 spiro atoms. The van der Waals surface area contributed by atoms with Gasteiger partial charge in [-0.25, -0.2) is 0 Å². The number of nitrogens with zero attached hydrogens (tertiary/aromatic N) is 4. The van der Waals surface area contributed by atoms with Crippen molar-refractivity contribution in [2.45, 2.75) is 13.0 Å². The van der Waals surface area contributed by atoms with E-state index >= 15 is 0 Å². The van der Waals surface area contributed by atoms with Gasteiger partial charge in [-0.15, -0.1) is 10.2 Å². The third-order valence-electron chi connectivity index (χ3n) is 2.18. The number of halogens is 2. The van der Waals surface area contributed by atoms with Gasteiger partial charge in [-0.3, -0.25) is 4.98 Å². The molecule has 2 heterocycles. The standard InChI is InChI=1S/C11H12F2N4O/c1-17(2)6-8-4-3-7(5-14-8)10-15-16-11(18-10)9(12)13/h3-5,9H,6H2,1-2H3. The van der Waals surface area contributed by atoms with Crippen LogP contribution in [0.5, 0.6) is 0 Å². The average molecular weight is 254 g/mol. The molecule has 0 aliphatic carbocycles. The van der Waals surface area contributed by atoms with Crippen LogP contribution in [0.4, 0.5) is 8.78 Å². The van der Waals surface area contributed by atoms with Crippen LogP contribution in [0.25, 0.3) is 11.5 Å². The molecule has 0 saturated heterocycles. The van der Waals surface area contributed by atoms with E-state index in [0.717, 1.165) is 5.69 Å². The van der Waals surface area contributed by atoms with E-state index in [4.69, 9.17) is 4.42 Å². The third-order valence-corrected chi connectivity index (χ3v) is 2.18. The number of pyridine rings is 1. The van der Waals surface area contributed by atoms with Crippen LogP contribution in [-0.2, 0) is 6.54 Å². The number of hydrogen-bond donors (Lipinski definition) is 0. The summed E-state index contributed by atoms with van der Waals surface area (Å²) in [6.45, 7) is 0.701. The predicted molar refractivity (Wildman–Crippen MR) is 59.9 cm³/mol. The van der Waals surface area contributed by atoms with Crippen molar-refractivity contribution in [2.24, 2.45) is 0 Å². The highest BCUT2D eigenvalue weighted by atomic mass is 19.3. The van der Waals surface area contributed by atoms with Crippen LogP contribution in [0.2, 0.25) is 0 Å². The van der Waals surface area contributed by atoms with Crippen molar-refractivity contribution in [3.63, 3.8) is 0 Å². The Bertz CT molecular complexity index is 510. The van der Waals surface area contributed by atoms with Crippen LogP contribution in [0, 0.1) is 0 Å². The first kappa shape index (κ1) is 12.6. The fourth-order valence-electron chi connectivity index (χ4n) is 1.41. The van der Waals surface area contributed by atoms with E-state index in [9.17, 15) is 8.78 Å². The summed E-state index contributed by atoms with van der Waals surface area (Å²) in [6, 6.07) is 3.51. The van der Waals surface area contributed by atoms with Crippen LogP contribution in [0.3, 0.4) is 0 Å². The molecular formula is C11H12F2N4O. The van der Waals surface area contributed by atoms with E-state index in [1.807, 2.05) is 19.0 Å². The Morgan fingerprint density at radius 1 is 1.28 bits per heavy atom. The Morgan fingerprint density at radius 3 is 2.56 bits per heavy atom. The third kappa shape index (κ3) is 2.86. The van der Waals surface area contributed by atoms with Gasteiger partial charge in [-0.1, -0.05) is 0 Å². The van der Waals surface area contributed by atoms with Gasteiger partial charge in [0, 0.05) is 12.7 Å². The zero-order valence-corrected chi connectivity index (χ0v) is 9.97. The van der Waals surface area contributed by atoms with E-state index in [1.165, 1.54) is 6.20 Å². The Kier molecular flexibility index (Phi) is 3.61. The average Bonchev–Trinajstić information content (AvgIpc) is 2.78. The zero-order chi connectivity index (χ0) is 13.1. The fraction of sp³-hybridized carbons (Fsp3) is 0.364. The molecule has 2 rings (SSSR count). The molecule has 0 aromatic carbocycles. The molecule has 0 bridgehead atoms. The first-order valence-corrected chi connectivity index (χ1v) is 5.28. The van der Waals surface area contributed by atoms with E-state index in [0.29, 0.717) is 12.1 Å². The Hall–Kier alpha value is -1.89. The van der Waals surface area contributed by atoms with Gasteiger partial charge >= 0.3 is 6.43 Å². The molecule has 0 fully saturated rings. The van der Waals surface area contributed by atoms with Crippen molar-refractivity contribution in [3.05, 3.63) is 29.9 Å². The molecule has 96 valence electrons. The number of alkyl halides is 2. The SMILES string of the molecule is CN(C)Cc1ccc(-c2nnc(C(F)F)o2)cn1. The molecule has 0 saturated carbocycles. The minimum atomic E-state index is -2.76. The highest BCUT2D eigenvalue weighted by Crippen LogP contribution is 2.22. The summed E-state index contributed by atoms with van der Waals surface area (Å²) in [4.78, 5) is 6.17. The Morgan fingerprint density at radius 2 is 2.06 bits per heavy atom. The summed E-state index contributed by atoms with van der Waals surface area (Å²) in [5.74, 6) is -0.628. The molecule has 5 nitrogen and oxygen atoms in total. The summed E-state index contributed by atoms with van der Waals surface area (Å²) >= 11 is 0. The molecule has 0 unspecified atom stereocenters. The van der Waals surface area contributed by atoms with Gasteiger partial charge in [0.2, 0.25) is 5.89 Å². The number of aromatic nitrogens is 3. The lowest BCUT2D eigenvalue weighted by Crippen LogP contribution is -2.11. The van der Waals surface area contributed by atoms with Crippen LogP contribution in [0.15, 0.2) is 22.7 Å². The van der Waals surface area contributed by atoms with Crippen molar-refractivity contribution < 1.29 is 13.2 Å². The maximum atomic E-state index is 12.3. The second-order valence-electron chi connectivity index (χ2n) is 4.02. The zero-order valence-electron chi connectivity index (χ0n) is 9.97. The molecule has 0 aliphatic rings. The molecule has 18 heavy (non-hydrogen) atoms. The van der Waals surface area contributed by atoms with Gasteiger partial charge in [0.1, 0.15) is 0 Å². The minimum Gasteiger partial charge on any atom is -0.415 e. The highest BCUT2D eigenvalue weighted by Gasteiger charge is 2.17. The van der Waals surface area contributed by atoms with Crippen LogP contribution in [-0.4, -0.2) is 34.2 Å². The van der Waals surface area contributed by atoms with Gasteiger partial charge < -0.3 is 9.32 Å². The van der Waals surface area contributed by atoms with E-state index in [1.54, 1.807) is 12.1 Å². The second kappa shape index (κ2) is 5.18. The maximum absolute atomic E-state index is 12.3. The highest BCUT2D eigenvalue weighted by molar-refractivity contribution is 5.50. The van der Waals surface area contributed by atoms with Gasteiger partial charge in [-0.05, 0) is 26.2 Å². The van der Waals surface area contributed by atoms with Crippen molar-refractivity contribution in [2.75, 3.05) is 14.1 Å². The van der Waals surface area contributed by atoms with Gasteiger partial charge in [0.05, 0.1) is 11.3 Å². The molecule has 0 N–H and O–H groups in total. The molecule has 7 heteroatoms. The lowest BCUT2D eigenvalue weighted by Gasteiger charge is -2.08. The quantitative estimate of drug-likeness (QED) is 0.836. The molecular weight excluding hydrogens is 242 g/mol. The summed E-state index contributed by atoms with van der Waals surface area (Å²) in [5, 5.41) is 6.81. The molecule has 2 aromatic rings. The van der Waals surface area contributed by atoms with Crippen molar-refractivity contribution in [1.82, 2.24) is 20.1 Å². The molecule has 0 aliphatic heterocycles. The van der Waals surface area contributed by atoms with Crippen LogP contribution in [0.1, 0.15) is 18.0 Å². The summed E-state index contributed by atoms with van der Waals surface area (Å²) in [5.41, 5.74) is 1.40. The topological polar surface area (TPSA) is 55.1 Å². The lowest BCUT2D eigenvalue weighted by atomic mass is 10.2. The fourth-order valence-corrected chi connectivity index (χ4v) is 1.41. The monoisotopic (exact) mass is 254 g/mol. The number of hydrogen-bond acceptors (Lipinski definition) is 5. The smallest absolute Gasteiger partial charge is 0.314 e. The van der Waals surface area contributed by atoms with E-state index < -0.39 is 12.3 Å². The lowest BCUT2D eigenvalue weighted by molar-refractivity contribution is 0.116. The maximum Gasteiger partial charge on any atom is 0.314 e. The summed E-state index contributed by atoms with van der Waals surface area (Å²) in [6.07, 6.45) is -1.23. The molecule has 0 amide bonds. The number of rotatable bonds is 4. The first-order valence-electron chi connectivity index (χ1n) is 5.28. The molecule has 0 atom stereocenters. The van der Waals surface area contributed by atoms with Crippen molar-refractivity contribution >= 4 is 0 Å². The van der Waals surface area contributed by atoms with E-state index in [2.05, 4.69) is 15.2 Å².